The van der Waals surface area contributed by atoms with Gasteiger partial charge in [0.05, 0.1) is 10.7 Å². The lowest BCUT2D eigenvalue weighted by molar-refractivity contribution is -0.129. The highest BCUT2D eigenvalue weighted by molar-refractivity contribution is 14.1. The number of hydrogen-bond donors (Lipinski definition) is 0. The van der Waals surface area contributed by atoms with Crippen LogP contribution in [0, 0.1) is 3.57 Å². The average molecular weight is 640 g/mol. The number of ether oxygens (including phenoxy) is 3. The predicted molar refractivity (Wildman–Crippen MR) is 149 cm³/mol. The Morgan fingerprint density at radius 3 is 2.63 bits per heavy atom. The number of methoxy groups -OCH3 is 1. The van der Waals surface area contributed by atoms with Crippen LogP contribution in [0.4, 0.5) is 0 Å². The number of halogens is 2. The number of fused-ring (bicyclic) bond motifs is 1. The fraction of sp³-hybridized carbons (Fsp3) is 0.0714. The van der Waals surface area contributed by atoms with E-state index in [1.165, 1.54) is 0 Å². The first-order valence-electron chi connectivity index (χ1n) is 10.8. The summed E-state index contributed by atoms with van der Waals surface area (Å²) in [6.07, 6.45) is 1.69. The zero-order valence-electron chi connectivity index (χ0n) is 18.6. The van der Waals surface area contributed by atoms with Crippen molar-refractivity contribution in [2.45, 2.75) is 6.61 Å². The van der Waals surface area contributed by atoms with Crippen LogP contribution >= 0.6 is 38.5 Å². The molecule has 0 amide bonds. The minimum absolute atomic E-state index is 0.230. The second-order valence-electron chi connectivity index (χ2n) is 7.85. The summed E-state index contributed by atoms with van der Waals surface area (Å²) in [5.41, 5.74) is 2.78. The first-order chi connectivity index (χ1) is 17.0. The summed E-state index contributed by atoms with van der Waals surface area (Å²) in [4.78, 5) is 17.0. The molecule has 0 spiro atoms. The van der Waals surface area contributed by atoms with Gasteiger partial charge in [0.15, 0.2) is 17.2 Å². The number of rotatable bonds is 6. The van der Waals surface area contributed by atoms with E-state index in [4.69, 9.17) is 14.2 Å². The van der Waals surface area contributed by atoms with Crippen molar-refractivity contribution in [2.24, 2.45) is 4.99 Å². The zero-order chi connectivity index (χ0) is 24.4. The predicted octanol–water partition coefficient (Wildman–Crippen LogP) is 7.14. The van der Waals surface area contributed by atoms with Crippen molar-refractivity contribution in [3.63, 3.8) is 0 Å². The number of hydrogen-bond acceptors (Lipinski definition) is 5. The molecule has 5 rings (SSSR count). The summed E-state index contributed by atoms with van der Waals surface area (Å²) in [7, 11) is 1.59. The number of aliphatic imine (C=N–C) groups is 1. The van der Waals surface area contributed by atoms with Gasteiger partial charge in [-0.2, -0.15) is 0 Å². The van der Waals surface area contributed by atoms with Gasteiger partial charge in [-0.3, -0.25) is 0 Å². The number of carbonyl (C=O) groups excluding carboxylic acids is 1. The lowest BCUT2D eigenvalue weighted by Crippen LogP contribution is -2.05. The van der Waals surface area contributed by atoms with Gasteiger partial charge in [-0.25, -0.2) is 9.79 Å². The maximum atomic E-state index is 12.6. The summed E-state index contributed by atoms with van der Waals surface area (Å²) in [6.45, 7) is 0.401. The van der Waals surface area contributed by atoms with Crippen LogP contribution in [0.1, 0.15) is 16.7 Å². The molecule has 0 radical (unpaired) electrons. The van der Waals surface area contributed by atoms with E-state index in [0.29, 0.717) is 24.0 Å². The summed E-state index contributed by atoms with van der Waals surface area (Å²) >= 11 is 5.68. The van der Waals surface area contributed by atoms with Gasteiger partial charge in [0, 0.05) is 10.0 Å². The molecule has 0 bridgehead atoms. The Hall–Kier alpha value is -3.17. The molecule has 4 aromatic rings. The molecule has 0 atom stereocenters. The molecule has 174 valence electrons. The normalized spacial score (nSPS) is 14.2. The van der Waals surface area contributed by atoms with E-state index in [-0.39, 0.29) is 5.70 Å². The molecule has 1 heterocycles. The molecule has 1 aliphatic heterocycles. The lowest BCUT2D eigenvalue weighted by Gasteiger charge is -2.14. The fourth-order valence-corrected chi connectivity index (χ4v) is 4.99. The van der Waals surface area contributed by atoms with E-state index in [1.807, 2.05) is 78.9 Å². The molecule has 5 nitrogen and oxygen atoms in total. The number of carbonyl (C=O) groups is 1. The summed E-state index contributed by atoms with van der Waals surface area (Å²) in [5, 5.41) is 2.17. The number of nitrogens with zero attached hydrogens (tertiary/aromatic N) is 1. The van der Waals surface area contributed by atoms with Gasteiger partial charge < -0.3 is 14.2 Å². The van der Waals surface area contributed by atoms with Crippen molar-refractivity contribution in [1.29, 1.82) is 0 Å². The molecular formula is C28H19BrINO4. The van der Waals surface area contributed by atoms with Crippen molar-refractivity contribution in [3.8, 4) is 11.5 Å². The Morgan fingerprint density at radius 1 is 1.00 bits per heavy atom. The van der Waals surface area contributed by atoms with E-state index in [9.17, 15) is 4.79 Å². The monoisotopic (exact) mass is 639 g/mol. The molecule has 0 N–H and O–H groups in total. The van der Waals surface area contributed by atoms with Gasteiger partial charge in [-0.05, 0) is 87.0 Å². The second kappa shape index (κ2) is 10.2. The first-order valence-corrected chi connectivity index (χ1v) is 12.6. The quantitative estimate of drug-likeness (QED) is 0.128. The van der Waals surface area contributed by atoms with E-state index >= 15 is 0 Å². The van der Waals surface area contributed by atoms with Crippen LogP contribution in [0.5, 0.6) is 11.5 Å². The summed E-state index contributed by atoms with van der Waals surface area (Å²) < 4.78 is 19.0. The van der Waals surface area contributed by atoms with Crippen LogP contribution < -0.4 is 9.47 Å². The van der Waals surface area contributed by atoms with E-state index < -0.39 is 5.97 Å². The molecule has 1 aliphatic rings. The molecule has 0 fully saturated rings. The van der Waals surface area contributed by atoms with Crippen LogP contribution in [0.25, 0.3) is 16.8 Å². The van der Waals surface area contributed by atoms with Gasteiger partial charge in [-0.1, -0.05) is 58.4 Å². The molecule has 7 heteroatoms. The van der Waals surface area contributed by atoms with Crippen molar-refractivity contribution >= 4 is 67.2 Å². The van der Waals surface area contributed by atoms with Crippen molar-refractivity contribution in [2.75, 3.05) is 7.11 Å². The lowest BCUT2D eigenvalue weighted by atomic mass is 10.1. The fourth-order valence-electron chi connectivity index (χ4n) is 3.76. The maximum absolute atomic E-state index is 12.6. The van der Waals surface area contributed by atoms with Gasteiger partial charge >= 0.3 is 5.97 Å². The summed E-state index contributed by atoms with van der Waals surface area (Å²) in [5.74, 6) is 1.02. The molecule has 0 aliphatic carbocycles. The van der Waals surface area contributed by atoms with Crippen molar-refractivity contribution in [3.05, 3.63) is 109 Å². The van der Waals surface area contributed by atoms with E-state index in [2.05, 4.69) is 43.5 Å². The molecule has 0 saturated carbocycles. The Labute approximate surface area is 224 Å². The Bertz CT molecular complexity index is 1510. The molecular weight excluding hydrogens is 621 g/mol. The minimum Gasteiger partial charge on any atom is -0.493 e. The first kappa shape index (κ1) is 23.6. The zero-order valence-corrected chi connectivity index (χ0v) is 22.4. The third-order valence-electron chi connectivity index (χ3n) is 5.44. The van der Waals surface area contributed by atoms with E-state index in [1.54, 1.807) is 13.2 Å². The number of esters is 1. The maximum Gasteiger partial charge on any atom is 0.363 e. The molecule has 0 aromatic heterocycles. The Kier molecular flexibility index (Phi) is 6.88. The Balaban J connectivity index is 1.41. The largest absolute Gasteiger partial charge is 0.493 e. The van der Waals surface area contributed by atoms with Crippen LogP contribution in [0.3, 0.4) is 0 Å². The molecule has 0 unspecified atom stereocenters. The minimum atomic E-state index is -0.489. The molecule has 35 heavy (non-hydrogen) atoms. The van der Waals surface area contributed by atoms with Gasteiger partial charge in [0.25, 0.3) is 0 Å². The highest BCUT2D eigenvalue weighted by Crippen LogP contribution is 2.36. The van der Waals surface area contributed by atoms with Crippen molar-refractivity contribution < 1.29 is 19.0 Å². The van der Waals surface area contributed by atoms with Crippen LogP contribution in [0.15, 0.2) is 94.0 Å². The summed E-state index contributed by atoms with van der Waals surface area (Å²) in [6, 6.07) is 25.6. The van der Waals surface area contributed by atoms with Gasteiger partial charge in [0.1, 0.15) is 6.61 Å². The number of cyclic esters (lactones) is 1. The van der Waals surface area contributed by atoms with Crippen molar-refractivity contribution in [1.82, 2.24) is 0 Å². The number of benzene rings is 4. The van der Waals surface area contributed by atoms with Crippen LogP contribution in [-0.2, 0) is 16.1 Å². The average Bonchev–Trinajstić information content (AvgIpc) is 3.22. The Morgan fingerprint density at radius 2 is 1.83 bits per heavy atom. The van der Waals surface area contributed by atoms with E-state index in [0.717, 1.165) is 35.5 Å². The van der Waals surface area contributed by atoms with Crippen LogP contribution in [0.2, 0.25) is 0 Å². The SMILES string of the molecule is COc1cc(/C=C2\N=C(c3ccc4ccccc4c3)OC2=O)cc(I)c1OCc1cccc(Br)c1. The highest BCUT2D eigenvalue weighted by atomic mass is 127. The molecule has 0 saturated heterocycles. The smallest absolute Gasteiger partial charge is 0.363 e. The topological polar surface area (TPSA) is 57.1 Å². The third-order valence-corrected chi connectivity index (χ3v) is 6.74. The highest BCUT2D eigenvalue weighted by Gasteiger charge is 2.24. The van der Waals surface area contributed by atoms with Crippen LogP contribution in [-0.4, -0.2) is 19.0 Å². The standard InChI is InChI=1S/C28H19BrINO4/c1-33-25-14-18(12-23(30)26(25)34-16-17-5-4-8-22(29)11-17)13-24-28(32)35-27(31-24)21-10-9-19-6-2-3-7-20(19)15-21/h2-15H,16H2,1H3/b24-13-. The van der Waals surface area contributed by atoms with Gasteiger partial charge in [0.2, 0.25) is 5.90 Å². The second-order valence-corrected chi connectivity index (χ2v) is 9.93. The van der Waals surface area contributed by atoms with Gasteiger partial charge in [-0.15, -0.1) is 0 Å². The molecule has 4 aromatic carbocycles. The third kappa shape index (κ3) is 5.26.